The van der Waals surface area contributed by atoms with E-state index in [-0.39, 0.29) is 18.9 Å². The molecule has 3 saturated heterocycles. The number of aliphatic hydroxyl groups excluding tert-OH is 11. The lowest BCUT2D eigenvalue weighted by Crippen LogP contribution is -2.70. The van der Waals surface area contributed by atoms with Crippen LogP contribution in [0.4, 0.5) is 0 Å². The van der Waals surface area contributed by atoms with E-state index in [1.807, 2.05) is 0 Å². The molecule has 0 aromatic rings. The van der Waals surface area contributed by atoms with Gasteiger partial charge in [0, 0.05) is 19.8 Å². The highest BCUT2D eigenvalue weighted by Gasteiger charge is 2.60. The second-order valence-corrected chi connectivity index (χ2v) is 26.8. The Kier molecular flexibility index (Phi) is 45.7. The molecule has 0 bridgehead atoms. The van der Waals surface area contributed by atoms with Crippen LogP contribution >= 0.6 is 0 Å². The lowest BCUT2D eigenvalue weighted by Gasteiger charge is -2.50. The number of hydrogen-bond acceptors (Lipinski definition) is 20. The van der Waals surface area contributed by atoms with Gasteiger partial charge >= 0.3 is 5.97 Å². The summed E-state index contributed by atoms with van der Waals surface area (Å²) in [6.45, 7) is 2.23. The molecular formula is C69H130N2O21. The molecule has 0 saturated carbocycles. The van der Waals surface area contributed by atoms with E-state index in [0.29, 0.717) is 19.3 Å². The molecule has 3 fully saturated rings. The zero-order chi connectivity index (χ0) is 67.5. The van der Waals surface area contributed by atoms with E-state index in [1.54, 1.807) is 0 Å². The Morgan fingerprint density at radius 3 is 1.36 bits per heavy atom. The summed E-state index contributed by atoms with van der Waals surface area (Å²) in [6.07, 6.45) is 18.2. The molecule has 18 atom stereocenters. The molecule has 542 valence electrons. The van der Waals surface area contributed by atoms with Gasteiger partial charge in [0.15, 0.2) is 12.6 Å². The van der Waals surface area contributed by atoms with Gasteiger partial charge in [-0.15, -0.1) is 0 Å². The number of ether oxygens (including phenoxy) is 6. The molecule has 92 heavy (non-hydrogen) atoms. The van der Waals surface area contributed by atoms with Crippen molar-refractivity contribution < 1.29 is 104 Å². The summed E-state index contributed by atoms with van der Waals surface area (Å²) < 4.78 is 34.9. The van der Waals surface area contributed by atoms with Gasteiger partial charge in [0.2, 0.25) is 11.8 Å². The number of nitrogens with one attached hydrogen (secondary N) is 2. The third kappa shape index (κ3) is 31.9. The van der Waals surface area contributed by atoms with Crippen LogP contribution in [0.1, 0.15) is 284 Å². The predicted molar refractivity (Wildman–Crippen MR) is 348 cm³/mol. The van der Waals surface area contributed by atoms with Crippen LogP contribution in [-0.2, 0) is 42.8 Å². The van der Waals surface area contributed by atoms with Crippen LogP contribution in [0.15, 0.2) is 0 Å². The first-order chi connectivity index (χ1) is 44.4. The first kappa shape index (κ1) is 84.0. The van der Waals surface area contributed by atoms with Crippen LogP contribution in [0.2, 0.25) is 0 Å². The highest BCUT2D eigenvalue weighted by molar-refractivity contribution is 5.77. The zero-order valence-electron chi connectivity index (χ0n) is 56.7. The van der Waals surface area contributed by atoms with Gasteiger partial charge in [-0.3, -0.25) is 9.59 Å². The average Bonchev–Trinajstić information content (AvgIpc) is 0.764. The maximum atomic E-state index is 13.5. The number of unbranched alkanes of at least 4 members (excludes halogenated alkanes) is 36. The van der Waals surface area contributed by atoms with Crippen LogP contribution in [-0.4, -0.2) is 215 Å². The number of carbonyl (C=O) groups is 3. The van der Waals surface area contributed by atoms with Crippen LogP contribution in [0.25, 0.3) is 0 Å². The molecule has 3 heterocycles. The fraction of sp³-hybridized carbons (Fsp3) is 0.957. The van der Waals surface area contributed by atoms with Gasteiger partial charge in [-0.05, 0) is 12.8 Å². The number of amides is 2. The van der Waals surface area contributed by atoms with E-state index in [2.05, 4.69) is 24.5 Å². The Bertz CT molecular complexity index is 1860. The van der Waals surface area contributed by atoms with Crippen LogP contribution in [0, 0.1) is 0 Å². The molecular weight excluding hydrogens is 1190 g/mol. The summed E-state index contributed by atoms with van der Waals surface area (Å²) >= 11 is 0. The van der Waals surface area contributed by atoms with Gasteiger partial charge in [-0.25, -0.2) is 4.79 Å². The fourth-order valence-electron chi connectivity index (χ4n) is 13.0. The molecule has 0 aromatic heterocycles. The SMILES string of the molecule is CCCCCCCCCCCCCCCCCCCCCCCCCC(=O)NC(COC1OC(CO)C(OC2OC(CO)C(O)C(OC3(C(=O)O)CC(O)C(NC(C)=O)C(C(O)C(O)CO)O3)C2O)C(O)C1O)C(O)CCCCCCCCCCCCCCCCC. The first-order valence-electron chi connectivity index (χ1n) is 36.4. The van der Waals surface area contributed by atoms with E-state index in [9.17, 15) is 75.7 Å². The second-order valence-electron chi connectivity index (χ2n) is 26.8. The monoisotopic (exact) mass is 1320 g/mol. The lowest BCUT2D eigenvalue weighted by atomic mass is 9.88. The summed E-state index contributed by atoms with van der Waals surface area (Å²) in [5.74, 6) is -6.09. The number of rotatable bonds is 56. The average molecular weight is 1320 g/mol. The second kappa shape index (κ2) is 50.1. The highest BCUT2D eigenvalue weighted by atomic mass is 16.8. The number of aliphatic hydroxyl groups is 11. The quantitative estimate of drug-likeness (QED) is 0.0266. The Labute approximate surface area is 550 Å². The largest absolute Gasteiger partial charge is 0.477 e. The number of carbonyl (C=O) groups excluding carboxylic acids is 2. The van der Waals surface area contributed by atoms with E-state index >= 15 is 0 Å². The van der Waals surface area contributed by atoms with Crippen LogP contribution in [0.5, 0.6) is 0 Å². The van der Waals surface area contributed by atoms with Crippen molar-refractivity contribution in [1.29, 1.82) is 0 Å². The fourth-order valence-corrected chi connectivity index (χ4v) is 13.0. The number of aliphatic carboxylic acids is 1. The molecule has 3 rings (SSSR count). The molecule has 14 N–H and O–H groups in total. The molecule has 0 radical (unpaired) electrons. The Morgan fingerprint density at radius 2 is 0.946 bits per heavy atom. The maximum Gasteiger partial charge on any atom is 0.364 e. The standard InChI is InChI=1S/C69H130N2O21/c1-4-6-8-10-12-14-16-18-20-21-22-23-24-25-26-27-29-31-33-35-37-39-41-43-56(79)71-50(51(76)42-40-38-36-34-32-30-28-19-17-15-13-11-9-7-5-2)48-87-66-61(83)60(82)63(55(47-74)89-66)90-67-62(84)65(59(81)54(46-73)88-67)92-69(68(85)86)44-52(77)57(70-49(3)75)64(91-69)58(80)53(78)45-72/h50-55,57-67,72-74,76-78,80-84H,4-48H2,1-3H3,(H,70,75)(H,71,79)(H,85,86). The molecule has 2 amide bonds. The van der Waals surface area contributed by atoms with E-state index in [0.717, 1.165) is 51.9 Å². The number of carboxylic acid groups (broad SMARTS) is 1. The summed E-state index contributed by atoms with van der Waals surface area (Å²) in [6, 6.07) is -2.52. The summed E-state index contributed by atoms with van der Waals surface area (Å²) in [5.41, 5.74) is 0. The van der Waals surface area contributed by atoms with Crippen LogP contribution in [0.3, 0.4) is 0 Å². The minimum absolute atomic E-state index is 0.229. The van der Waals surface area contributed by atoms with Crippen molar-refractivity contribution in [2.45, 2.75) is 394 Å². The van der Waals surface area contributed by atoms with Crippen molar-refractivity contribution in [2.75, 3.05) is 26.4 Å². The van der Waals surface area contributed by atoms with E-state index in [4.69, 9.17) is 28.4 Å². The van der Waals surface area contributed by atoms with Crippen molar-refractivity contribution in [3.8, 4) is 0 Å². The molecule has 3 aliphatic rings. The molecule has 23 heteroatoms. The molecule has 0 aromatic carbocycles. The summed E-state index contributed by atoms with van der Waals surface area (Å²) in [5, 5.41) is 136. The van der Waals surface area contributed by atoms with Crippen molar-refractivity contribution >= 4 is 17.8 Å². The molecule has 0 spiro atoms. The van der Waals surface area contributed by atoms with Gasteiger partial charge < -0.3 is 100 Å². The molecule has 0 aliphatic carbocycles. The Balaban J connectivity index is 1.55. The summed E-state index contributed by atoms with van der Waals surface area (Å²) in [7, 11) is 0. The topological polar surface area (TPSA) is 373 Å². The van der Waals surface area contributed by atoms with Gasteiger partial charge in [-0.2, -0.15) is 0 Å². The number of carboxylic acids is 1. The molecule has 3 aliphatic heterocycles. The Morgan fingerprint density at radius 1 is 0.522 bits per heavy atom. The minimum Gasteiger partial charge on any atom is -0.477 e. The smallest absolute Gasteiger partial charge is 0.364 e. The van der Waals surface area contributed by atoms with Gasteiger partial charge in [0.25, 0.3) is 5.79 Å². The highest BCUT2D eigenvalue weighted by Crippen LogP contribution is 2.39. The van der Waals surface area contributed by atoms with Gasteiger partial charge in [-0.1, -0.05) is 251 Å². The summed E-state index contributed by atoms with van der Waals surface area (Å²) in [4.78, 5) is 38.6. The van der Waals surface area contributed by atoms with Crippen LogP contribution < -0.4 is 10.6 Å². The van der Waals surface area contributed by atoms with E-state index in [1.165, 1.54) is 186 Å². The van der Waals surface area contributed by atoms with Crippen molar-refractivity contribution in [1.82, 2.24) is 10.6 Å². The maximum absolute atomic E-state index is 13.5. The van der Waals surface area contributed by atoms with Crippen molar-refractivity contribution in [2.24, 2.45) is 0 Å². The number of hydrogen-bond donors (Lipinski definition) is 14. The molecule has 18 unspecified atom stereocenters. The zero-order valence-corrected chi connectivity index (χ0v) is 56.7. The van der Waals surface area contributed by atoms with Gasteiger partial charge in [0.1, 0.15) is 67.1 Å². The van der Waals surface area contributed by atoms with E-state index < -0.39 is 148 Å². The third-order valence-corrected chi connectivity index (χ3v) is 18.8. The molecule has 23 nitrogen and oxygen atoms in total. The van der Waals surface area contributed by atoms with Crippen molar-refractivity contribution in [3.05, 3.63) is 0 Å². The Hall–Kier alpha value is -2.27. The van der Waals surface area contributed by atoms with Crippen molar-refractivity contribution in [3.63, 3.8) is 0 Å². The third-order valence-electron chi connectivity index (χ3n) is 18.8. The predicted octanol–water partition coefficient (Wildman–Crippen LogP) is 7.29. The van der Waals surface area contributed by atoms with Gasteiger partial charge in [0.05, 0.1) is 50.7 Å². The lowest BCUT2D eigenvalue weighted by molar-refractivity contribution is -0.386. The first-order valence-corrected chi connectivity index (χ1v) is 36.4. The minimum atomic E-state index is -3.08. The normalized spacial score (nSPS) is 28.2.